The Bertz CT molecular complexity index is 1190. The average molecular weight is 605 g/mol. The van der Waals surface area contributed by atoms with Crippen LogP contribution in [0, 0.1) is 28.9 Å². The lowest BCUT2D eigenvalue weighted by Gasteiger charge is -2.35. The maximum Gasteiger partial charge on any atom is 0.243 e. The van der Waals surface area contributed by atoms with Gasteiger partial charge in [-0.15, -0.1) is 0 Å². The number of allylic oxidation sites excluding steroid dienone is 1. The number of nitrogens with one attached hydrogen (secondary N) is 2. The number of halogens is 3. The summed E-state index contributed by atoms with van der Waals surface area (Å²) in [5.41, 5.74) is 1.08. The number of likely N-dealkylation sites (N-methyl/N-ethyl adjacent to an activating group) is 1. The van der Waals surface area contributed by atoms with Crippen molar-refractivity contribution in [2.75, 3.05) is 20.1 Å². The summed E-state index contributed by atoms with van der Waals surface area (Å²) in [7, 11) is 1.55. The van der Waals surface area contributed by atoms with E-state index >= 15 is 0 Å². The predicted molar refractivity (Wildman–Crippen MR) is 162 cm³/mol. The van der Waals surface area contributed by atoms with E-state index in [2.05, 4.69) is 31.1 Å². The minimum Gasteiger partial charge on any atom is -0.359 e. The Hall–Kier alpha value is -3.17. The van der Waals surface area contributed by atoms with Crippen LogP contribution in [0.25, 0.3) is 0 Å². The third-order valence-electron chi connectivity index (χ3n) is 7.38. The number of pyridine rings is 1. The number of fused-ring (bicyclic) bond motifs is 1. The summed E-state index contributed by atoms with van der Waals surface area (Å²) in [5, 5.41) is 9.62. The summed E-state index contributed by atoms with van der Waals surface area (Å²) >= 11 is 5.34. The quantitative estimate of drug-likeness (QED) is 0.144. The van der Waals surface area contributed by atoms with E-state index < -0.39 is 5.82 Å². The van der Waals surface area contributed by atoms with Crippen LogP contribution in [0.15, 0.2) is 54.9 Å². The molecule has 42 heavy (non-hydrogen) atoms. The minimum absolute atomic E-state index is 0.0406. The highest BCUT2D eigenvalue weighted by molar-refractivity contribution is 6.30. The van der Waals surface area contributed by atoms with Gasteiger partial charge in [-0.25, -0.2) is 8.78 Å². The number of unbranched alkanes of at least 4 members (excludes halogenated alkanes) is 2. The molecule has 4 unspecified atom stereocenters. The van der Waals surface area contributed by atoms with Crippen LogP contribution in [0.4, 0.5) is 8.78 Å². The normalized spacial score (nSPS) is 21.2. The van der Waals surface area contributed by atoms with Gasteiger partial charge in [0, 0.05) is 43.4 Å². The molecule has 0 spiro atoms. The molecule has 0 radical (unpaired) electrons. The number of piperidine rings is 1. The van der Waals surface area contributed by atoms with E-state index in [-0.39, 0.29) is 41.2 Å². The largest absolute Gasteiger partial charge is 0.359 e. The van der Waals surface area contributed by atoms with E-state index in [9.17, 15) is 18.4 Å². The van der Waals surface area contributed by atoms with Gasteiger partial charge in [0.05, 0.1) is 17.8 Å². The Morgan fingerprint density at radius 1 is 1.17 bits per heavy atom. The number of aromatic nitrogens is 1. The minimum atomic E-state index is -0.405. The first-order valence-electron chi connectivity index (χ1n) is 14.4. The summed E-state index contributed by atoms with van der Waals surface area (Å²) in [6.45, 7) is 9.43. The molecule has 0 aliphatic carbocycles. The van der Waals surface area contributed by atoms with E-state index in [0.717, 1.165) is 37.6 Å². The summed E-state index contributed by atoms with van der Waals surface area (Å²) in [6, 6.07) is 7.84. The smallest absolute Gasteiger partial charge is 0.243 e. The molecular formula is C32H43ClF2N4O3. The van der Waals surface area contributed by atoms with Gasteiger partial charge >= 0.3 is 0 Å². The molecule has 0 bridgehead atoms. The van der Waals surface area contributed by atoms with Gasteiger partial charge < -0.3 is 20.4 Å². The summed E-state index contributed by atoms with van der Waals surface area (Å²) in [5.74, 6) is -0.173. The molecule has 1 aromatic heterocycles. The first kappa shape index (κ1) is 35.0. The molecule has 7 nitrogen and oxygen atoms in total. The molecule has 0 saturated carbocycles. The average Bonchev–Trinajstić information content (AvgIpc) is 3.71. The predicted octanol–water partition coefficient (Wildman–Crippen LogP) is 6.71. The lowest BCUT2D eigenvalue weighted by Crippen LogP contribution is -2.48. The van der Waals surface area contributed by atoms with Gasteiger partial charge in [0.15, 0.2) is 0 Å². The van der Waals surface area contributed by atoms with Gasteiger partial charge in [0.25, 0.3) is 0 Å². The zero-order valence-electron chi connectivity index (χ0n) is 25.1. The first-order valence-corrected chi connectivity index (χ1v) is 14.8. The van der Waals surface area contributed by atoms with Crippen molar-refractivity contribution in [1.82, 2.24) is 15.2 Å². The SMILES string of the molecule is CCCCCC(CC)C(=O)N1CC(C)C2(c3ccc(F)cc3)OC2C1.CNC(=O)/C=C\C(C)=N.Fc1cncc(Cl)c1. The van der Waals surface area contributed by atoms with Crippen molar-refractivity contribution in [3.05, 3.63) is 77.1 Å². The number of carbonyl (C=O) groups is 2. The van der Waals surface area contributed by atoms with Gasteiger partial charge in [0.2, 0.25) is 11.8 Å². The molecule has 4 rings (SSSR count). The van der Waals surface area contributed by atoms with E-state index in [1.54, 1.807) is 14.0 Å². The number of rotatable bonds is 9. The van der Waals surface area contributed by atoms with Crippen molar-refractivity contribution in [2.45, 2.75) is 71.5 Å². The molecule has 4 atom stereocenters. The van der Waals surface area contributed by atoms with Crippen molar-refractivity contribution in [3.8, 4) is 0 Å². The van der Waals surface area contributed by atoms with Crippen molar-refractivity contribution in [2.24, 2.45) is 11.8 Å². The highest BCUT2D eigenvalue weighted by Gasteiger charge is 2.64. The molecule has 2 saturated heterocycles. The van der Waals surface area contributed by atoms with Gasteiger partial charge in [-0.1, -0.05) is 63.8 Å². The fourth-order valence-electron chi connectivity index (χ4n) is 5.05. The van der Waals surface area contributed by atoms with E-state index in [0.29, 0.717) is 17.3 Å². The van der Waals surface area contributed by atoms with E-state index in [4.69, 9.17) is 21.7 Å². The molecule has 2 aromatic rings. The fraction of sp³-hybridized carbons (Fsp3) is 0.500. The fourth-order valence-corrected chi connectivity index (χ4v) is 5.21. The zero-order chi connectivity index (χ0) is 31.3. The van der Waals surface area contributed by atoms with Crippen LogP contribution < -0.4 is 5.32 Å². The summed E-state index contributed by atoms with van der Waals surface area (Å²) < 4.78 is 31.3. The molecule has 10 heteroatoms. The standard InChI is InChI=1S/C21H30FNO2.C6H10N2O.C5H3ClFN/c1-4-6-7-8-16(5-2)20(24)23-13-15(3)21(19(14-23)25-21)17-9-11-18(22)12-10-17;1-5(7)3-4-6(9)8-2;6-4-1-5(7)3-8-2-4/h9-12,15-16,19H,4-8,13-14H2,1-3H3;3-4,7H,1-2H3,(H,8,9);1-3H/b;4-3-,7-5?;. The number of hydrogen-bond acceptors (Lipinski definition) is 5. The Balaban J connectivity index is 0.000000296. The Kier molecular flexibility index (Phi) is 14.2. The van der Waals surface area contributed by atoms with Gasteiger partial charge in [-0.05, 0) is 49.6 Å². The molecular weight excluding hydrogens is 562 g/mol. The second-order valence-corrected chi connectivity index (χ2v) is 11.0. The Labute approximate surface area is 253 Å². The molecule has 2 aliphatic heterocycles. The van der Waals surface area contributed by atoms with Crippen molar-refractivity contribution in [3.63, 3.8) is 0 Å². The second-order valence-electron chi connectivity index (χ2n) is 10.6. The van der Waals surface area contributed by atoms with Crippen LogP contribution >= 0.6 is 11.6 Å². The molecule has 3 heterocycles. The number of ether oxygens (including phenoxy) is 1. The highest BCUT2D eigenvalue weighted by atomic mass is 35.5. The van der Waals surface area contributed by atoms with E-state index in [1.807, 2.05) is 17.0 Å². The molecule has 2 aliphatic rings. The van der Waals surface area contributed by atoms with Crippen LogP contribution in [0.2, 0.25) is 5.02 Å². The molecule has 2 amide bonds. The third-order valence-corrected chi connectivity index (χ3v) is 7.59. The highest BCUT2D eigenvalue weighted by Crippen LogP contribution is 2.55. The van der Waals surface area contributed by atoms with Gasteiger partial charge in [0.1, 0.15) is 23.3 Å². The number of carbonyl (C=O) groups excluding carboxylic acids is 2. The number of likely N-dealkylation sites (tertiary alicyclic amines) is 1. The van der Waals surface area contributed by atoms with Crippen molar-refractivity contribution < 1.29 is 23.1 Å². The summed E-state index contributed by atoms with van der Waals surface area (Å²) in [6.07, 6.45) is 10.7. The molecule has 2 N–H and O–H groups in total. The van der Waals surface area contributed by atoms with Crippen LogP contribution in [0.3, 0.4) is 0 Å². The lowest BCUT2D eigenvalue weighted by molar-refractivity contribution is -0.137. The Morgan fingerprint density at radius 2 is 1.86 bits per heavy atom. The molecule has 230 valence electrons. The monoisotopic (exact) mass is 604 g/mol. The van der Waals surface area contributed by atoms with Crippen LogP contribution in [0.1, 0.15) is 65.4 Å². The maximum absolute atomic E-state index is 13.2. The topological polar surface area (TPSA) is 98.7 Å². The van der Waals surface area contributed by atoms with Gasteiger partial charge in [-0.2, -0.15) is 0 Å². The zero-order valence-corrected chi connectivity index (χ0v) is 25.9. The first-order chi connectivity index (χ1) is 20.0. The number of epoxide rings is 1. The number of amides is 2. The second kappa shape index (κ2) is 17.1. The number of hydrogen-bond donors (Lipinski definition) is 2. The lowest BCUT2D eigenvalue weighted by atomic mass is 9.80. The van der Waals surface area contributed by atoms with Crippen LogP contribution in [0.5, 0.6) is 0 Å². The van der Waals surface area contributed by atoms with Gasteiger partial charge in [-0.3, -0.25) is 14.6 Å². The number of nitrogens with zero attached hydrogens (tertiary/aromatic N) is 2. The number of benzene rings is 1. The van der Waals surface area contributed by atoms with Crippen molar-refractivity contribution in [1.29, 1.82) is 5.41 Å². The molecule has 1 aromatic carbocycles. The van der Waals surface area contributed by atoms with Crippen LogP contribution in [-0.2, 0) is 19.9 Å². The third kappa shape index (κ3) is 10.3. The molecule has 2 fully saturated rings. The maximum atomic E-state index is 13.2. The van der Waals surface area contributed by atoms with E-state index in [1.165, 1.54) is 49.4 Å². The van der Waals surface area contributed by atoms with Crippen LogP contribution in [-0.4, -0.2) is 53.7 Å². The summed E-state index contributed by atoms with van der Waals surface area (Å²) in [4.78, 5) is 28.8. The van der Waals surface area contributed by atoms with Crippen molar-refractivity contribution >= 4 is 29.1 Å². The Morgan fingerprint density at radius 3 is 2.36 bits per heavy atom.